The van der Waals surface area contributed by atoms with E-state index in [2.05, 4.69) is 15.4 Å². The Balaban J connectivity index is 2.01. The van der Waals surface area contributed by atoms with Crippen LogP contribution in [-0.2, 0) is 0 Å². The maximum Gasteiger partial charge on any atom is 0.312 e. The third-order valence-corrected chi connectivity index (χ3v) is 3.25. The van der Waals surface area contributed by atoms with E-state index in [0.29, 0.717) is 0 Å². The van der Waals surface area contributed by atoms with Crippen molar-refractivity contribution in [2.75, 3.05) is 0 Å². The van der Waals surface area contributed by atoms with Crippen LogP contribution in [0.4, 0.5) is 10.1 Å². The third-order valence-electron chi connectivity index (χ3n) is 3.25. The lowest BCUT2D eigenvalue weighted by molar-refractivity contribution is -0.385. The van der Waals surface area contributed by atoms with E-state index >= 15 is 0 Å². The molecule has 1 amide bonds. The van der Waals surface area contributed by atoms with Gasteiger partial charge in [-0.25, -0.2) is 4.39 Å². The van der Waals surface area contributed by atoms with Gasteiger partial charge in [0.1, 0.15) is 17.3 Å². The Morgan fingerprint density at radius 1 is 1.20 bits per heavy atom. The zero-order chi connectivity index (χ0) is 18.0. The van der Waals surface area contributed by atoms with Crippen LogP contribution in [0, 0.1) is 15.9 Å². The average Bonchev–Trinajstić information content (AvgIpc) is 3.07. The standard InChI is InChI=1S/C15H10FN5O4/c16-9-2-4-10(5-3-9)25-12-6-1-8(7-11(12)21(23)24)13-14(15(17)22)19-20-18-13/h1-7H,(H2,17,22)(H,18,19,20). The number of carbonyl (C=O) groups is 1. The molecule has 2 aromatic carbocycles. The van der Waals surface area contributed by atoms with E-state index in [1.807, 2.05) is 0 Å². The number of H-pyrrole nitrogens is 1. The van der Waals surface area contributed by atoms with Crippen LogP contribution in [-0.4, -0.2) is 26.2 Å². The van der Waals surface area contributed by atoms with Gasteiger partial charge in [0.2, 0.25) is 5.75 Å². The summed E-state index contributed by atoms with van der Waals surface area (Å²) >= 11 is 0. The van der Waals surface area contributed by atoms with E-state index in [1.165, 1.54) is 42.5 Å². The molecule has 0 unspecified atom stereocenters. The molecule has 10 heteroatoms. The molecule has 0 fully saturated rings. The first-order valence-corrected chi connectivity index (χ1v) is 6.88. The first-order chi connectivity index (χ1) is 12.0. The Bertz CT molecular complexity index is 955. The van der Waals surface area contributed by atoms with Gasteiger partial charge in [-0.15, -0.1) is 0 Å². The second-order valence-electron chi connectivity index (χ2n) is 4.88. The van der Waals surface area contributed by atoms with Crippen LogP contribution < -0.4 is 10.5 Å². The number of ether oxygens (including phenoxy) is 1. The van der Waals surface area contributed by atoms with Crippen LogP contribution in [0.15, 0.2) is 42.5 Å². The van der Waals surface area contributed by atoms with Crippen LogP contribution in [0.2, 0.25) is 0 Å². The van der Waals surface area contributed by atoms with E-state index < -0.39 is 16.6 Å². The van der Waals surface area contributed by atoms with Gasteiger partial charge in [-0.05, 0) is 36.4 Å². The summed E-state index contributed by atoms with van der Waals surface area (Å²) in [7, 11) is 0. The van der Waals surface area contributed by atoms with Crippen molar-refractivity contribution in [3.05, 3.63) is 64.1 Å². The second-order valence-corrected chi connectivity index (χ2v) is 4.88. The van der Waals surface area contributed by atoms with E-state index in [0.717, 1.165) is 0 Å². The van der Waals surface area contributed by atoms with Gasteiger partial charge in [-0.3, -0.25) is 14.9 Å². The molecule has 0 aliphatic heterocycles. The molecule has 126 valence electrons. The first kappa shape index (κ1) is 16.1. The number of hydrogen-bond donors (Lipinski definition) is 2. The number of carbonyl (C=O) groups excluding carboxylic acids is 1. The highest BCUT2D eigenvalue weighted by Crippen LogP contribution is 2.35. The highest BCUT2D eigenvalue weighted by Gasteiger charge is 2.21. The highest BCUT2D eigenvalue weighted by molar-refractivity contribution is 5.96. The number of nitrogens with two attached hydrogens (primary N) is 1. The molecule has 0 saturated carbocycles. The maximum absolute atomic E-state index is 12.9. The second kappa shape index (κ2) is 6.35. The maximum atomic E-state index is 12.9. The van der Waals surface area contributed by atoms with Crippen LogP contribution in [0.5, 0.6) is 11.5 Å². The molecule has 3 N–H and O–H groups in total. The molecule has 3 aromatic rings. The van der Waals surface area contributed by atoms with Crippen LogP contribution in [0.1, 0.15) is 10.5 Å². The highest BCUT2D eigenvalue weighted by atomic mass is 19.1. The van der Waals surface area contributed by atoms with Crippen LogP contribution in [0.3, 0.4) is 0 Å². The molecule has 0 saturated heterocycles. The minimum Gasteiger partial charge on any atom is -0.450 e. The fraction of sp³-hybridized carbons (Fsp3) is 0. The van der Waals surface area contributed by atoms with Crippen molar-refractivity contribution < 1.29 is 18.8 Å². The zero-order valence-corrected chi connectivity index (χ0v) is 12.5. The number of aromatic nitrogens is 3. The smallest absolute Gasteiger partial charge is 0.312 e. The fourth-order valence-electron chi connectivity index (χ4n) is 2.13. The molecule has 3 rings (SSSR count). The topological polar surface area (TPSA) is 137 Å². The van der Waals surface area contributed by atoms with Gasteiger partial charge in [0.25, 0.3) is 5.91 Å². The summed E-state index contributed by atoms with van der Waals surface area (Å²) in [4.78, 5) is 22.0. The Labute approximate surface area is 139 Å². The largest absolute Gasteiger partial charge is 0.450 e. The van der Waals surface area contributed by atoms with Crippen molar-refractivity contribution in [1.29, 1.82) is 0 Å². The van der Waals surface area contributed by atoms with Gasteiger partial charge in [0.05, 0.1) is 4.92 Å². The molecule has 0 aliphatic rings. The number of nitrogens with zero attached hydrogens (tertiary/aromatic N) is 3. The molecule has 0 atom stereocenters. The number of benzene rings is 2. The molecule has 25 heavy (non-hydrogen) atoms. The predicted octanol–water partition coefficient (Wildman–Crippen LogP) is 2.41. The van der Waals surface area contributed by atoms with Gasteiger partial charge in [-0.1, -0.05) is 0 Å². The Morgan fingerprint density at radius 3 is 2.56 bits per heavy atom. The van der Waals surface area contributed by atoms with Crippen molar-refractivity contribution in [3.8, 4) is 22.8 Å². The first-order valence-electron chi connectivity index (χ1n) is 6.88. The van der Waals surface area contributed by atoms with Crippen molar-refractivity contribution in [2.45, 2.75) is 0 Å². The summed E-state index contributed by atoms with van der Waals surface area (Å²) in [5.74, 6) is -1.10. The normalized spacial score (nSPS) is 10.4. The predicted molar refractivity (Wildman–Crippen MR) is 83.5 cm³/mol. The molecular weight excluding hydrogens is 333 g/mol. The molecular formula is C15H10FN5O4. The molecule has 1 aromatic heterocycles. The molecule has 1 heterocycles. The minimum atomic E-state index is -0.821. The van der Waals surface area contributed by atoms with E-state index in [4.69, 9.17) is 10.5 Å². The van der Waals surface area contributed by atoms with E-state index in [1.54, 1.807) is 0 Å². The number of hydrogen-bond acceptors (Lipinski definition) is 6. The Morgan fingerprint density at radius 2 is 1.92 bits per heavy atom. The molecule has 0 aliphatic carbocycles. The lowest BCUT2D eigenvalue weighted by atomic mass is 10.1. The van der Waals surface area contributed by atoms with Crippen molar-refractivity contribution in [3.63, 3.8) is 0 Å². The van der Waals surface area contributed by atoms with Crippen molar-refractivity contribution >= 4 is 11.6 Å². The van der Waals surface area contributed by atoms with Gasteiger partial charge < -0.3 is 10.5 Å². The summed E-state index contributed by atoms with van der Waals surface area (Å²) in [5.41, 5.74) is 5.04. The summed E-state index contributed by atoms with van der Waals surface area (Å²) in [6.45, 7) is 0. The SMILES string of the molecule is NC(=O)c1n[nH]nc1-c1ccc(Oc2ccc(F)cc2)c([N+](=O)[O-])c1. The molecule has 0 bridgehead atoms. The van der Waals surface area contributed by atoms with Crippen LogP contribution >= 0.6 is 0 Å². The quantitative estimate of drug-likeness (QED) is 0.539. The number of nitro benzene ring substituents is 1. The third kappa shape index (κ3) is 3.27. The number of nitro groups is 1. The van der Waals surface area contributed by atoms with Crippen molar-refractivity contribution in [2.24, 2.45) is 5.73 Å². The molecule has 0 radical (unpaired) electrons. The average molecular weight is 343 g/mol. The lowest BCUT2D eigenvalue weighted by Crippen LogP contribution is -2.12. The van der Waals surface area contributed by atoms with Gasteiger partial charge in [0.15, 0.2) is 5.69 Å². The molecule has 9 nitrogen and oxygen atoms in total. The fourth-order valence-corrected chi connectivity index (χ4v) is 2.13. The van der Waals surface area contributed by atoms with E-state index in [-0.39, 0.29) is 34.1 Å². The number of aromatic amines is 1. The van der Waals surface area contributed by atoms with Crippen molar-refractivity contribution in [1.82, 2.24) is 15.4 Å². The molecule has 0 spiro atoms. The summed E-state index contributed by atoms with van der Waals surface area (Å²) in [6, 6.07) is 9.02. The lowest BCUT2D eigenvalue weighted by Gasteiger charge is -2.07. The number of nitrogens with one attached hydrogen (secondary N) is 1. The number of halogens is 1. The van der Waals surface area contributed by atoms with Crippen LogP contribution in [0.25, 0.3) is 11.3 Å². The van der Waals surface area contributed by atoms with Gasteiger partial charge in [-0.2, -0.15) is 15.4 Å². The van der Waals surface area contributed by atoms with E-state index in [9.17, 15) is 19.3 Å². The van der Waals surface area contributed by atoms with Gasteiger partial charge in [0, 0.05) is 11.6 Å². The Hall–Kier alpha value is -3.82. The monoisotopic (exact) mass is 343 g/mol. The minimum absolute atomic E-state index is 0.0514. The summed E-state index contributed by atoms with van der Waals surface area (Å²) in [5, 5.41) is 21.0. The zero-order valence-electron chi connectivity index (χ0n) is 12.5. The van der Waals surface area contributed by atoms with Gasteiger partial charge >= 0.3 is 5.69 Å². The summed E-state index contributed by atoms with van der Waals surface area (Å²) in [6.07, 6.45) is 0. The number of rotatable bonds is 5. The number of amides is 1. The Kier molecular flexibility index (Phi) is 4.08. The summed E-state index contributed by atoms with van der Waals surface area (Å²) < 4.78 is 18.4. The number of primary amides is 1.